The van der Waals surface area contributed by atoms with E-state index in [1.165, 1.54) is 71.0 Å². The van der Waals surface area contributed by atoms with Crippen molar-refractivity contribution in [1.29, 1.82) is 0 Å². The van der Waals surface area contributed by atoms with E-state index in [0.29, 0.717) is 11.3 Å². The Morgan fingerprint density at radius 2 is 1.65 bits per heavy atom. The van der Waals surface area contributed by atoms with E-state index >= 15 is 0 Å². The van der Waals surface area contributed by atoms with Gasteiger partial charge in [-0.15, -0.1) is 0 Å². The Morgan fingerprint density at radius 1 is 0.941 bits per heavy atom. The van der Waals surface area contributed by atoms with Crippen LogP contribution in [0.15, 0.2) is 0 Å². The molecule has 98 valence electrons. The second-order valence-corrected chi connectivity index (χ2v) is 6.84. The fraction of sp³-hybridized carbons (Fsp3) is 1.00. The third kappa shape index (κ3) is 2.53. The van der Waals surface area contributed by atoms with Crippen molar-refractivity contribution in [2.75, 3.05) is 19.6 Å². The molecular formula is C15H27NO. The quantitative estimate of drug-likeness (QED) is 0.798. The van der Waals surface area contributed by atoms with Crippen LogP contribution in [0, 0.1) is 11.3 Å². The molecule has 2 aliphatic carbocycles. The van der Waals surface area contributed by atoms with Gasteiger partial charge in [-0.05, 0) is 37.0 Å². The van der Waals surface area contributed by atoms with E-state index in [4.69, 9.17) is 0 Å². The summed E-state index contributed by atoms with van der Waals surface area (Å²) in [7, 11) is 0. The first kappa shape index (κ1) is 12.0. The lowest BCUT2D eigenvalue weighted by atomic mass is 9.68. The Labute approximate surface area is 105 Å². The van der Waals surface area contributed by atoms with Crippen LogP contribution in [0.5, 0.6) is 0 Å². The van der Waals surface area contributed by atoms with E-state index < -0.39 is 0 Å². The van der Waals surface area contributed by atoms with Crippen LogP contribution in [-0.4, -0.2) is 35.7 Å². The molecular weight excluding hydrogens is 210 g/mol. The van der Waals surface area contributed by atoms with Gasteiger partial charge in [0.15, 0.2) is 0 Å². The Balaban J connectivity index is 1.45. The molecule has 1 heterocycles. The summed E-state index contributed by atoms with van der Waals surface area (Å²) in [5.41, 5.74) is 0.706. The predicted octanol–water partition coefficient (Wildman–Crippen LogP) is 2.80. The van der Waals surface area contributed by atoms with Crippen LogP contribution in [0.25, 0.3) is 0 Å². The molecule has 0 bridgehead atoms. The summed E-state index contributed by atoms with van der Waals surface area (Å²) >= 11 is 0. The van der Waals surface area contributed by atoms with Crippen LogP contribution < -0.4 is 0 Å². The number of rotatable bonds is 2. The average Bonchev–Trinajstić information content (AvgIpc) is 2.31. The lowest BCUT2D eigenvalue weighted by molar-refractivity contribution is -0.0549. The van der Waals surface area contributed by atoms with Gasteiger partial charge in [0, 0.05) is 19.6 Å². The summed E-state index contributed by atoms with van der Waals surface area (Å²) in [6.07, 6.45) is 12.2. The SMILES string of the molecule is OC1CCCCC1CN1CC2(CCCCC2)C1. The molecule has 1 N–H and O–H groups in total. The monoisotopic (exact) mass is 237 g/mol. The van der Waals surface area contributed by atoms with Gasteiger partial charge in [0.25, 0.3) is 0 Å². The van der Waals surface area contributed by atoms with E-state index in [0.717, 1.165) is 6.42 Å². The number of hydrogen-bond acceptors (Lipinski definition) is 2. The number of hydrogen-bond donors (Lipinski definition) is 1. The number of likely N-dealkylation sites (tertiary alicyclic amines) is 1. The first-order valence-corrected chi connectivity index (χ1v) is 7.68. The van der Waals surface area contributed by atoms with Crippen LogP contribution in [0.1, 0.15) is 57.8 Å². The maximum Gasteiger partial charge on any atom is 0.0580 e. The summed E-state index contributed by atoms with van der Waals surface area (Å²) in [5, 5.41) is 10.0. The molecule has 2 atom stereocenters. The van der Waals surface area contributed by atoms with Crippen molar-refractivity contribution in [3.8, 4) is 0 Å². The highest BCUT2D eigenvalue weighted by Crippen LogP contribution is 2.44. The zero-order valence-corrected chi connectivity index (χ0v) is 11.0. The highest BCUT2D eigenvalue weighted by atomic mass is 16.3. The first-order chi connectivity index (χ1) is 8.27. The van der Waals surface area contributed by atoms with Gasteiger partial charge in [-0.2, -0.15) is 0 Å². The average molecular weight is 237 g/mol. The third-order valence-corrected chi connectivity index (χ3v) is 5.39. The van der Waals surface area contributed by atoms with Crippen LogP contribution in [0.2, 0.25) is 0 Å². The molecule has 17 heavy (non-hydrogen) atoms. The summed E-state index contributed by atoms with van der Waals surface area (Å²) in [6.45, 7) is 3.83. The zero-order valence-electron chi connectivity index (χ0n) is 11.0. The van der Waals surface area contributed by atoms with E-state index in [-0.39, 0.29) is 6.10 Å². The Bertz CT molecular complexity index is 252. The van der Waals surface area contributed by atoms with Gasteiger partial charge in [-0.1, -0.05) is 32.1 Å². The second-order valence-electron chi connectivity index (χ2n) is 6.84. The molecule has 1 saturated heterocycles. The normalized spacial score (nSPS) is 37.9. The van der Waals surface area contributed by atoms with Crippen LogP contribution in [0.3, 0.4) is 0 Å². The molecule has 0 aromatic heterocycles. The highest BCUT2D eigenvalue weighted by molar-refractivity contribution is 4.97. The molecule has 2 unspecified atom stereocenters. The molecule has 3 fully saturated rings. The predicted molar refractivity (Wildman–Crippen MR) is 69.9 cm³/mol. The largest absolute Gasteiger partial charge is 0.393 e. The van der Waals surface area contributed by atoms with Gasteiger partial charge in [-0.3, -0.25) is 0 Å². The molecule has 1 aliphatic heterocycles. The topological polar surface area (TPSA) is 23.5 Å². The summed E-state index contributed by atoms with van der Waals surface area (Å²) < 4.78 is 0. The van der Waals surface area contributed by atoms with Crippen LogP contribution in [-0.2, 0) is 0 Å². The van der Waals surface area contributed by atoms with Gasteiger partial charge in [0.1, 0.15) is 0 Å². The molecule has 3 aliphatic rings. The van der Waals surface area contributed by atoms with E-state index in [2.05, 4.69) is 4.90 Å². The molecule has 0 aromatic carbocycles. The van der Waals surface area contributed by atoms with Crippen LogP contribution >= 0.6 is 0 Å². The highest BCUT2D eigenvalue weighted by Gasteiger charge is 2.44. The second kappa shape index (κ2) is 4.89. The summed E-state index contributed by atoms with van der Waals surface area (Å²) in [4.78, 5) is 2.62. The Kier molecular flexibility index (Phi) is 3.45. The molecule has 3 rings (SSSR count). The van der Waals surface area contributed by atoms with Crippen molar-refractivity contribution in [3.05, 3.63) is 0 Å². The maximum atomic E-state index is 10.0. The molecule has 2 heteroatoms. The van der Waals surface area contributed by atoms with Crippen molar-refractivity contribution < 1.29 is 5.11 Å². The smallest absolute Gasteiger partial charge is 0.0580 e. The summed E-state index contributed by atoms with van der Waals surface area (Å²) in [6, 6.07) is 0. The van der Waals surface area contributed by atoms with Crippen LogP contribution in [0.4, 0.5) is 0 Å². The van der Waals surface area contributed by atoms with Crippen molar-refractivity contribution in [1.82, 2.24) is 4.90 Å². The zero-order chi connectivity index (χ0) is 11.7. The van der Waals surface area contributed by atoms with Gasteiger partial charge in [0.2, 0.25) is 0 Å². The van der Waals surface area contributed by atoms with Gasteiger partial charge in [0.05, 0.1) is 6.10 Å². The minimum atomic E-state index is -0.00773. The van der Waals surface area contributed by atoms with E-state index in [9.17, 15) is 5.11 Å². The number of nitrogens with zero attached hydrogens (tertiary/aromatic N) is 1. The maximum absolute atomic E-state index is 10.0. The summed E-state index contributed by atoms with van der Waals surface area (Å²) in [5.74, 6) is 0.574. The fourth-order valence-corrected chi connectivity index (χ4v) is 4.38. The number of aliphatic hydroxyl groups is 1. The van der Waals surface area contributed by atoms with Crippen molar-refractivity contribution in [3.63, 3.8) is 0 Å². The van der Waals surface area contributed by atoms with Crippen molar-refractivity contribution in [2.45, 2.75) is 63.9 Å². The molecule has 0 radical (unpaired) electrons. The fourth-order valence-electron chi connectivity index (χ4n) is 4.38. The van der Waals surface area contributed by atoms with E-state index in [1.807, 2.05) is 0 Å². The number of aliphatic hydroxyl groups excluding tert-OH is 1. The lowest BCUT2D eigenvalue weighted by Gasteiger charge is -2.54. The molecule has 2 saturated carbocycles. The third-order valence-electron chi connectivity index (χ3n) is 5.39. The molecule has 0 aromatic rings. The molecule has 0 amide bonds. The minimum Gasteiger partial charge on any atom is -0.393 e. The van der Waals surface area contributed by atoms with E-state index in [1.54, 1.807) is 0 Å². The molecule has 1 spiro atoms. The van der Waals surface area contributed by atoms with Gasteiger partial charge >= 0.3 is 0 Å². The Morgan fingerprint density at radius 3 is 2.35 bits per heavy atom. The molecule has 2 nitrogen and oxygen atoms in total. The standard InChI is InChI=1S/C15H27NO/c17-14-7-3-2-6-13(14)10-16-11-15(12-16)8-4-1-5-9-15/h13-14,17H,1-12H2. The Hall–Kier alpha value is -0.0800. The van der Waals surface area contributed by atoms with Gasteiger partial charge in [-0.25, -0.2) is 0 Å². The first-order valence-electron chi connectivity index (χ1n) is 7.68. The van der Waals surface area contributed by atoms with Gasteiger partial charge < -0.3 is 10.0 Å². The van der Waals surface area contributed by atoms with Crippen molar-refractivity contribution >= 4 is 0 Å². The lowest BCUT2D eigenvalue weighted by Crippen LogP contribution is -2.58. The minimum absolute atomic E-state index is 0.00773. The van der Waals surface area contributed by atoms with Crippen molar-refractivity contribution in [2.24, 2.45) is 11.3 Å².